The van der Waals surface area contributed by atoms with Crippen molar-refractivity contribution in [1.82, 2.24) is 10.3 Å². The van der Waals surface area contributed by atoms with Crippen LogP contribution in [0.4, 0.5) is 20.6 Å². The number of hydrogen-bond donors (Lipinski definition) is 2. The second-order valence-corrected chi connectivity index (χ2v) is 5.54. The fourth-order valence-electron chi connectivity index (χ4n) is 2.01. The third kappa shape index (κ3) is 4.67. The van der Waals surface area contributed by atoms with Crippen molar-refractivity contribution >= 4 is 17.4 Å². The molecule has 0 unspecified atom stereocenters. The third-order valence-electron chi connectivity index (χ3n) is 3.54. The van der Waals surface area contributed by atoms with Gasteiger partial charge >= 0.3 is 6.03 Å². The Kier molecular flexibility index (Phi) is 5.51. The molecule has 2 amide bonds. The van der Waals surface area contributed by atoms with Crippen LogP contribution < -0.4 is 15.5 Å². The molecule has 6 heteroatoms. The van der Waals surface area contributed by atoms with Crippen molar-refractivity contribution in [2.75, 3.05) is 17.3 Å². The first-order valence-corrected chi connectivity index (χ1v) is 7.43. The van der Waals surface area contributed by atoms with Crippen molar-refractivity contribution in [1.29, 1.82) is 0 Å². The van der Waals surface area contributed by atoms with Crippen LogP contribution in [0.3, 0.4) is 0 Å². The lowest BCUT2D eigenvalue weighted by Crippen LogP contribution is -2.29. The van der Waals surface area contributed by atoms with Gasteiger partial charge in [0.2, 0.25) is 0 Å². The van der Waals surface area contributed by atoms with E-state index in [4.69, 9.17) is 0 Å². The quantitative estimate of drug-likeness (QED) is 0.889. The van der Waals surface area contributed by atoms with Crippen LogP contribution in [0.25, 0.3) is 0 Å². The van der Waals surface area contributed by atoms with Gasteiger partial charge in [-0.05, 0) is 43.7 Å². The highest BCUT2D eigenvalue weighted by Gasteiger charge is 2.12. The highest BCUT2D eigenvalue weighted by Crippen LogP contribution is 2.23. The summed E-state index contributed by atoms with van der Waals surface area (Å²) in [6.07, 6.45) is 3.35. The predicted octanol–water partition coefficient (Wildman–Crippen LogP) is 3.39. The number of carbonyl (C=O) groups is 1. The topological polar surface area (TPSA) is 57.3 Å². The number of amides is 2. The first-order valence-electron chi connectivity index (χ1n) is 7.43. The number of nitrogens with one attached hydrogen (secondary N) is 2. The summed E-state index contributed by atoms with van der Waals surface area (Å²) in [5.41, 5.74) is 1.80. The smallest absolute Gasteiger partial charge is 0.319 e. The van der Waals surface area contributed by atoms with Gasteiger partial charge in [-0.2, -0.15) is 0 Å². The van der Waals surface area contributed by atoms with E-state index in [9.17, 15) is 9.18 Å². The molecular formula is C17H21FN4O. The number of benzene rings is 1. The van der Waals surface area contributed by atoms with E-state index in [1.165, 1.54) is 6.07 Å². The van der Waals surface area contributed by atoms with E-state index in [1.807, 2.05) is 31.9 Å². The second-order valence-electron chi connectivity index (χ2n) is 5.54. The molecule has 0 aliphatic rings. The Hall–Kier alpha value is -2.63. The Morgan fingerprint density at radius 3 is 2.74 bits per heavy atom. The number of urea groups is 1. The van der Waals surface area contributed by atoms with Crippen molar-refractivity contribution in [3.63, 3.8) is 0 Å². The molecule has 0 fully saturated rings. The summed E-state index contributed by atoms with van der Waals surface area (Å²) in [7, 11) is 1.83. The lowest BCUT2D eigenvalue weighted by Gasteiger charge is -2.24. The highest BCUT2D eigenvalue weighted by molar-refractivity contribution is 5.89. The molecule has 1 heterocycles. The van der Waals surface area contributed by atoms with Crippen LogP contribution in [0.2, 0.25) is 0 Å². The molecule has 1 aromatic carbocycles. The Bertz CT molecular complexity index is 661. The van der Waals surface area contributed by atoms with Gasteiger partial charge in [0.25, 0.3) is 0 Å². The maximum atomic E-state index is 14.1. The van der Waals surface area contributed by atoms with E-state index in [-0.39, 0.29) is 11.9 Å². The fraction of sp³-hybridized carbons (Fsp3) is 0.294. The summed E-state index contributed by atoms with van der Waals surface area (Å²) >= 11 is 0. The zero-order valence-corrected chi connectivity index (χ0v) is 13.5. The van der Waals surface area contributed by atoms with Crippen LogP contribution in [0.1, 0.15) is 19.4 Å². The number of hydrogen-bond acceptors (Lipinski definition) is 3. The molecule has 0 saturated heterocycles. The number of halogens is 1. The van der Waals surface area contributed by atoms with Gasteiger partial charge in [0.05, 0.1) is 5.69 Å². The zero-order chi connectivity index (χ0) is 16.8. The first kappa shape index (κ1) is 16.7. The Labute approximate surface area is 135 Å². The van der Waals surface area contributed by atoms with Gasteiger partial charge in [-0.1, -0.05) is 6.07 Å². The summed E-state index contributed by atoms with van der Waals surface area (Å²) in [5, 5.41) is 5.32. The van der Waals surface area contributed by atoms with E-state index >= 15 is 0 Å². The molecular weight excluding hydrogens is 295 g/mol. The number of carbonyl (C=O) groups excluding carboxylic acids is 1. The predicted molar refractivity (Wildman–Crippen MR) is 90.0 cm³/mol. The number of pyridine rings is 1. The minimum atomic E-state index is -0.391. The molecule has 0 aliphatic heterocycles. The summed E-state index contributed by atoms with van der Waals surface area (Å²) in [6, 6.07) is 8.12. The molecule has 0 atom stereocenters. The Morgan fingerprint density at radius 2 is 2.13 bits per heavy atom. The Balaban J connectivity index is 1.95. The van der Waals surface area contributed by atoms with Crippen LogP contribution in [-0.4, -0.2) is 24.1 Å². The van der Waals surface area contributed by atoms with Crippen molar-refractivity contribution in [3.05, 3.63) is 54.1 Å². The van der Waals surface area contributed by atoms with Crippen LogP contribution in [0.15, 0.2) is 42.7 Å². The van der Waals surface area contributed by atoms with Crippen LogP contribution in [0.5, 0.6) is 0 Å². The standard InChI is InChI=1S/C17H21FN4O/c1-12(2)22(3)16-7-6-14(9-15(16)18)21-17(23)20-11-13-5-4-8-19-10-13/h4-10,12H,11H2,1-3H3,(H2,20,21,23). The van der Waals surface area contributed by atoms with Crippen LogP contribution in [-0.2, 0) is 6.54 Å². The fourth-order valence-corrected chi connectivity index (χ4v) is 2.01. The minimum absolute atomic E-state index is 0.186. The van der Waals surface area contributed by atoms with E-state index in [1.54, 1.807) is 30.6 Å². The molecule has 5 nitrogen and oxygen atoms in total. The zero-order valence-electron chi connectivity index (χ0n) is 13.5. The maximum absolute atomic E-state index is 14.1. The summed E-state index contributed by atoms with van der Waals surface area (Å²) in [4.78, 5) is 17.7. The molecule has 0 spiro atoms. The molecule has 0 radical (unpaired) electrons. The molecule has 122 valence electrons. The lowest BCUT2D eigenvalue weighted by molar-refractivity contribution is 0.251. The molecule has 2 N–H and O–H groups in total. The molecule has 0 aliphatic carbocycles. The van der Waals surface area contributed by atoms with Gasteiger partial charge in [0, 0.05) is 37.7 Å². The number of aromatic nitrogens is 1. The normalized spacial score (nSPS) is 10.5. The molecule has 23 heavy (non-hydrogen) atoms. The molecule has 2 rings (SSSR count). The van der Waals surface area contributed by atoms with E-state index in [2.05, 4.69) is 15.6 Å². The van der Waals surface area contributed by atoms with E-state index in [0.717, 1.165) is 5.56 Å². The summed E-state index contributed by atoms with van der Waals surface area (Å²) in [5.74, 6) is -0.369. The van der Waals surface area contributed by atoms with Gasteiger partial charge in [-0.15, -0.1) is 0 Å². The van der Waals surface area contributed by atoms with E-state index in [0.29, 0.717) is 17.9 Å². The molecule has 2 aromatic rings. The molecule has 0 saturated carbocycles. The van der Waals surface area contributed by atoms with Crippen molar-refractivity contribution in [2.45, 2.75) is 26.4 Å². The number of anilines is 2. The van der Waals surface area contributed by atoms with Crippen molar-refractivity contribution in [2.24, 2.45) is 0 Å². The maximum Gasteiger partial charge on any atom is 0.319 e. The van der Waals surface area contributed by atoms with E-state index < -0.39 is 6.03 Å². The Morgan fingerprint density at radius 1 is 1.35 bits per heavy atom. The van der Waals surface area contributed by atoms with Crippen molar-refractivity contribution in [3.8, 4) is 0 Å². The van der Waals surface area contributed by atoms with Gasteiger partial charge < -0.3 is 15.5 Å². The van der Waals surface area contributed by atoms with Gasteiger partial charge in [-0.25, -0.2) is 9.18 Å². The van der Waals surface area contributed by atoms with Crippen LogP contribution in [0, 0.1) is 5.82 Å². The second kappa shape index (κ2) is 7.58. The highest BCUT2D eigenvalue weighted by atomic mass is 19.1. The number of nitrogens with zero attached hydrogens (tertiary/aromatic N) is 2. The van der Waals surface area contributed by atoms with Crippen LogP contribution >= 0.6 is 0 Å². The average Bonchev–Trinajstić information content (AvgIpc) is 2.53. The van der Waals surface area contributed by atoms with Gasteiger partial charge in [0.15, 0.2) is 0 Å². The monoisotopic (exact) mass is 316 g/mol. The number of rotatable bonds is 5. The SMILES string of the molecule is CC(C)N(C)c1ccc(NC(=O)NCc2cccnc2)cc1F. The lowest BCUT2D eigenvalue weighted by atomic mass is 10.2. The molecule has 1 aromatic heterocycles. The van der Waals surface area contributed by atoms with Gasteiger partial charge in [-0.3, -0.25) is 4.98 Å². The van der Waals surface area contributed by atoms with Crippen molar-refractivity contribution < 1.29 is 9.18 Å². The minimum Gasteiger partial charge on any atom is -0.370 e. The third-order valence-corrected chi connectivity index (χ3v) is 3.54. The largest absolute Gasteiger partial charge is 0.370 e. The summed E-state index contributed by atoms with van der Waals surface area (Å²) in [6.45, 7) is 4.32. The molecule has 0 bridgehead atoms. The van der Waals surface area contributed by atoms with Gasteiger partial charge in [0.1, 0.15) is 5.82 Å². The first-order chi connectivity index (χ1) is 11.0. The average molecular weight is 316 g/mol. The summed E-state index contributed by atoms with van der Waals surface area (Å²) < 4.78 is 14.1.